The van der Waals surface area contributed by atoms with Gasteiger partial charge in [-0.2, -0.15) is 0 Å². The van der Waals surface area contributed by atoms with Crippen LogP contribution in [0.3, 0.4) is 0 Å². The Morgan fingerprint density at radius 1 is 1.09 bits per heavy atom. The Morgan fingerprint density at radius 2 is 1.86 bits per heavy atom. The lowest BCUT2D eigenvalue weighted by Gasteiger charge is -2.28. The van der Waals surface area contributed by atoms with E-state index in [4.69, 9.17) is 9.15 Å². The number of aromatic nitrogens is 3. The number of methoxy groups -OCH3 is 1. The highest BCUT2D eigenvalue weighted by Gasteiger charge is 2.59. The number of nitrogens with one attached hydrogen (secondary N) is 2. The van der Waals surface area contributed by atoms with E-state index in [1.165, 1.54) is 13.2 Å². The summed E-state index contributed by atoms with van der Waals surface area (Å²) in [5, 5.41) is 12.6. The molecule has 2 fully saturated rings. The SMILES string of the molecule is COC(=O)C1CC12CCC(c1ccc(NC(=O)c3nnc(Nc4ccc(F)c(F)c4)o3)cn1)CC2. The second-order valence-corrected chi connectivity index (χ2v) is 9.01. The fourth-order valence-corrected chi connectivity index (χ4v) is 4.83. The summed E-state index contributed by atoms with van der Waals surface area (Å²) >= 11 is 0. The highest BCUT2D eigenvalue weighted by atomic mass is 19.2. The second-order valence-electron chi connectivity index (χ2n) is 9.01. The number of nitrogens with zero attached hydrogens (tertiary/aromatic N) is 3. The van der Waals surface area contributed by atoms with Crippen molar-refractivity contribution >= 4 is 29.3 Å². The Kier molecular flexibility index (Phi) is 5.91. The lowest BCUT2D eigenvalue weighted by atomic mass is 9.77. The maximum Gasteiger partial charge on any atom is 0.320 e. The van der Waals surface area contributed by atoms with Gasteiger partial charge in [-0.15, -0.1) is 5.10 Å². The first-order valence-corrected chi connectivity index (χ1v) is 11.3. The molecule has 1 unspecified atom stereocenters. The van der Waals surface area contributed by atoms with Crippen LogP contribution in [-0.4, -0.2) is 34.2 Å². The lowest BCUT2D eigenvalue weighted by molar-refractivity contribution is -0.143. The molecular weight excluding hydrogens is 460 g/mol. The Labute approximate surface area is 199 Å². The summed E-state index contributed by atoms with van der Waals surface area (Å²) in [7, 11) is 1.44. The largest absolute Gasteiger partial charge is 0.469 e. The highest BCUT2D eigenvalue weighted by molar-refractivity contribution is 6.00. The molecule has 2 heterocycles. The number of rotatable bonds is 6. The van der Waals surface area contributed by atoms with Gasteiger partial charge in [-0.3, -0.25) is 14.6 Å². The predicted molar refractivity (Wildman–Crippen MR) is 120 cm³/mol. The zero-order chi connectivity index (χ0) is 24.6. The van der Waals surface area contributed by atoms with Crippen LogP contribution in [0.2, 0.25) is 0 Å². The van der Waals surface area contributed by atoms with E-state index in [2.05, 4.69) is 25.8 Å². The Morgan fingerprint density at radius 3 is 2.54 bits per heavy atom. The van der Waals surface area contributed by atoms with E-state index in [1.54, 1.807) is 12.3 Å². The minimum absolute atomic E-state index is 0.0382. The first kappa shape index (κ1) is 22.9. The first-order valence-electron chi connectivity index (χ1n) is 11.3. The summed E-state index contributed by atoms with van der Waals surface area (Å²) in [6.45, 7) is 0. The van der Waals surface area contributed by atoms with Crippen molar-refractivity contribution in [2.75, 3.05) is 17.7 Å². The van der Waals surface area contributed by atoms with Gasteiger partial charge in [0.05, 0.1) is 24.9 Å². The van der Waals surface area contributed by atoms with E-state index >= 15 is 0 Å². The van der Waals surface area contributed by atoms with Gasteiger partial charge in [0.15, 0.2) is 11.6 Å². The number of esters is 1. The standard InChI is InChI=1S/C24H23F2N5O4/c1-34-22(33)16-11-24(16)8-6-13(7-9-24)19-5-3-15(12-27-19)28-20(32)21-30-31-23(35-21)29-14-2-4-17(25)18(26)10-14/h2-5,10,12-13,16H,6-9,11H2,1H3,(H,28,32)(H,29,31). The van der Waals surface area contributed by atoms with E-state index in [1.807, 2.05) is 6.07 Å². The zero-order valence-electron chi connectivity index (χ0n) is 18.9. The average Bonchev–Trinajstić information content (AvgIpc) is 3.35. The Hall–Kier alpha value is -3.89. The van der Waals surface area contributed by atoms with Gasteiger partial charge in [-0.1, -0.05) is 5.10 Å². The summed E-state index contributed by atoms with van der Waals surface area (Å²) in [6.07, 6.45) is 6.37. The quantitative estimate of drug-likeness (QED) is 0.489. The van der Waals surface area contributed by atoms with E-state index in [0.717, 1.165) is 49.9 Å². The van der Waals surface area contributed by atoms with Crippen LogP contribution < -0.4 is 10.6 Å². The van der Waals surface area contributed by atoms with E-state index in [0.29, 0.717) is 11.6 Å². The molecule has 2 N–H and O–H groups in total. The average molecular weight is 483 g/mol. The van der Waals surface area contributed by atoms with Gasteiger partial charge in [0.25, 0.3) is 0 Å². The third-order valence-electron chi connectivity index (χ3n) is 6.91. The van der Waals surface area contributed by atoms with Gasteiger partial charge in [0.2, 0.25) is 0 Å². The molecule has 2 aromatic heterocycles. The minimum atomic E-state index is -1.03. The van der Waals surface area contributed by atoms with E-state index < -0.39 is 17.5 Å². The molecule has 1 amide bonds. The third-order valence-corrected chi connectivity index (χ3v) is 6.91. The Balaban J connectivity index is 1.15. The molecule has 2 saturated carbocycles. The summed E-state index contributed by atoms with van der Waals surface area (Å²) in [6, 6.07) is 6.68. The molecule has 2 aliphatic rings. The molecule has 1 spiro atoms. The number of pyridine rings is 1. The van der Waals surface area contributed by atoms with Gasteiger partial charge in [0.1, 0.15) is 0 Å². The number of hydrogen-bond donors (Lipinski definition) is 2. The maximum atomic E-state index is 13.3. The van der Waals surface area contributed by atoms with Crippen molar-refractivity contribution in [3.05, 3.63) is 59.7 Å². The maximum absolute atomic E-state index is 13.3. The van der Waals surface area contributed by atoms with Gasteiger partial charge in [-0.25, -0.2) is 8.78 Å². The van der Waals surface area contributed by atoms with Gasteiger partial charge in [-0.05, 0) is 61.8 Å². The second kappa shape index (κ2) is 9.05. The molecule has 0 bridgehead atoms. The molecule has 35 heavy (non-hydrogen) atoms. The van der Waals surface area contributed by atoms with Crippen molar-refractivity contribution in [1.82, 2.24) is 15.2 Å². The molecule has 5 rings (SSSR count). The predicted octanol–water partition coefficient (Wildman–Crippen LogP) is 4.58. The fourth-order valence-electron chi connectivity index (χ4n) is 4.83. The zero-order valence-corrected chi connectivity index (χ0v) is 18.9. The number of carbonyl (C=O) groups is 2. The van der Waals surface area contributed by atoms with Crippen molar-refractivity contribution in [2.24, 2.45) is 11.3 Å². The van der Waals surface area contributed by atoms with Crippen LogP contribution >= 0.6 is 0 Å². The Bertz CT molecular complexity index is 1260. The molecule has 3 aromatic rings. The molecule has 0 saturated heterocycles. The van der Waals surface area contributed by atoms with Crippen LogP contribution in [0, 0.1) is 23.0 Å². The monoisotopic (exact) mass is 483 g/mol. The molecule has 1 aromatic carbocycles. The van der Waals surface area contributed by atoms with Crippen LogP contribution in [0.1, 0.15) is 54.4 Å². The number of hydrogen-bond acceptors (Lipinski definition) is 8. The van der Waals surface area contributed by atoms with Crippen LogP contribution in [0.15, 0.2) is 40.9 Å². The number of benzene rings is 1. The van der Waals surface area contributed by atoms with Gasteiger partial charge < -0.3 is 19.8 Å². The third kappa shape index (κ3) is 4.71. The summed E-state index contributed by atoms with van der Waals surface area (Å²) in [4.78, 5) is 28.8. The van der Waals surface area contributed by atoms with Crippen molar-refractivity contribution < 1.29 is 27.5 Å². The van der Waals surface area contributed by atoms with Gasteiger partial charge in [0, 0.05) is 23.4 Å². The summed E-state index contributed by atoms with van der Waals surface area (Å²) < 4.78 is 36.5. The van der Waals surface area contributed by atoms with Crippen LogP contribution in [0.25, 0.3) is 0 Å². The van der Waals surface area contributed by atoms with E-state index in [9.17, 15) is 18.4 Å². The highest BCUT2D eigenvalue weighted by Crippen LogP contribution is 2.63. The van der Waals surface area contributed by atoms with Crippen LogP contribution in [0.4, 0.5) is 26.2 Å². The number of amides is 1. The van der Waals surface area contributed by atoms with Crippen molar-refractivity contribution in [3.63, 3.8) is 0 Å². The smallest absolute Gasteiger partial charge is 0.320 e. The van der Waals surface area contributed by atoms with Gasteiger partial charge >= 0.3 is 23.8 Å². The molecule has 9 nitrogen and oxygen atoms in total. The van der Waals surface area contributed by atoms with Crippen molar-refractivity contribution in [1.29, 1.82) is 0 Å². The van der Waals surface area contributed by atoms with Crippen LogP contribution in [-0.2, 0) is 9.53 Å². The summed E-state index contributed by atoms with van der Waals surface area (Å²) in [5.74, 6) is -2.71. The fraction of sp³-hybridized carbons (Fsp3) is 0.375. The normalized spacial score (nSPS) is 23.1. The topological polar surface area (TPSA) is 119 Å². The van der Waals surface area contributed by atoms with Crippen molar-refractivity contribution in [3.8, 4) is 0 Å². The number of carbonyl (C=O) groups excluding carboxylic acids is 2. The molecule has 11 heteroatoms. The summed E-state index contributed by atoms with van der Waals surface area (Å²) in [5.41, 5.74) is 1.71. The molecule has 0 aliphatic heterocycles. The molecule has 182 valence electrons. The number of halogens is 2. The molecular formula is C24H23F2N5O4. The lowest BCUT2D eigenvalue weighted by Crippen LogP contribution is -2.20. The van der Waals surface area contributed by atoms with Crippen molar-refractivity contribution in [2.45, 2.75) is 38.0 Å². The molecule has 0 radical (unpaired) electrons. The van der Waals surface area contributed by atoms with Crippen LogP contribution in [0.5, 0.6) is 0 Å². The molecule has 1 atom stereocenters. The first-order chi connectivity index (χ1) is 16.9. The minimum Gasteiger partial charge on any atom is -0.469 e. The molecule has 2 aliphatic carbocycles. The number of anilines is 3. The van der Waals surface area contributed by atoms with E-state index in [-0.39, 0.29) is 34.9 Å². The number of ether oxygens (including phenoxy) is 1.